The molecule has 2 N–H and O–H groups in total. The zero-order valence-electron chi connectivity index (χ0n) is 11.9. The highest BCUT2D eigenvalue weighted by Crippen LogP contribution is 2.25. The Hall–Kier alpha value is -2.53. The van der Waals surface area contributed by atoms with Crippen LogP contribution >= 0.6 is 0 Å². The quantitative estimate of drug-likeness (QED) is 0.725. The lowest BCUT2D eigenvalue weighted by molar-refractivity contribution is 0.475. The van der Waals surface area contributed by atoms with Gasteiger partial charge >= 0.3 is 0 Å². The molecular weight excluding hydrogens is 298 g/mol. The van der Waals surface area contributed by atoms with Crippen molar-refractivity contribution in [2.24, 2.45) is 0 Å². The number of fused-ring (bicyclic) bond motifs is 1. The van der Waals surface area contributed by atoms with Gasteiger partial charge in [0, 0.05) is 0 Å². The minimum atomic E-state index is -3.67. The van der Waals surface area contributed by atoms with E-state index in [0.29, 0.717) is 11.3 Å². The minimum Gasteiger partial charge on any atom is -0.508 e. The molecule has 0 atom stereocenters. The molecular formula is C17H15NO3S. The van der Waals surface area contributed by atoms with Crippen molar-refractivity contribution in [3.63, 3.8) is 0 Å². The SMILES string of the molecule is Cc1cc(O)ccc1NS(=O)(=O)c1ccc2ccccc2c1. The van der Waals surface area contributed by atoms with E-state index >= 15 is 0 Å². The minimum absolute atomic E-state index is 0.103. The van der Waals surface area contributed by atoms with Gasteiger partial charge in [0.2, 0.25) is 0 Å². The second-order valence-corrected chi connectivity index (χ2v) is 6.80. The Morgan fingerprint density at radius 2 is 1.64 bits per heavy atom. The molecule has 3 aromatic carbocycles. The monoisotopic (exact) mass is 313 g/mol. The first-order valence-corrected chi connectivity index (χ1v) is 8.25. The highest BCUT2D eigenvalue weighted by Gasteiger charge is 2.15. The van der Waals surface area contributed by atoms with Crippen LogP contribution in [-0.4, -0.2) is 13.5 Å². The van der Waals surface area contributed by atoms with Crippen LogP contribution in [0.1, 0.15) is 5.56 Å². The Bertz CT molecular complexity index is 949. The van der Waals surface area contributed by atoms with E-state index in [1.807, 2.05) is 24.3 Å². The van der Waals surface area contributed by atoms with Gasteiger partial charge in [-0.05, 0) is 53.6 Å². The summed E-state index contributed by atoms with van der Waals surface area (Å²) >= 11 is 0. The molecule has 0 radical (unpaired) electrons. The molecule has 3 aromatic rings. The summed E-state index contributed by atoms with van der Waals surface area (Å²) in [6.45, 7) is 1.73. The Labute approximate surface area is 129 Å². The molecule has 22 heavy (non-hydrogen) atoms. The van der Waals surface area contributed by atoms with Crippen LogP contribution in [0.5, 0.6) is 5.75 Å². The van der Waals surface area contributed by atoms with E-state index in [-0.39, 0.29) is 10.6 Å². The summed E-state index contributed by atoms with van der Waals surface area (Å²) in [5.41, 5.74) is 1.11. The van der Waals surface area contributed by atoms with Crippen molar-refractivity contribution in [2.75, 3.05) is 4.72 Å². The van der Waals surface area contributed by atoms with Crippen LogP contribution in [0.25, 0.3) is 10.8 Å². The van der Waals surface area contributed by atoms with Crippen molar-refractivity contribution in [2.45, 2.75) is 11.8 Å². The van der Waals surface area contributed by atoms with Crippen LogP contribution in [-0.2, 0) is 10.0 Å². The van der Waals surface area contributed by atoms with Crippen molar-refractivity contribution < 1.29 is 13.5 Å². The number of rotatable bonds is 3. The van der Waals surface area contributed by atoms with Crippen molar-refractivity contribution in [1.82, 2.24) is 0 Å². The summed E-state index contributed by atoms with van der Waals surface area (Å²) in [7, 11) is -3.67. The third-order valence-corrected chi connectivity index (χ3v) is 4.85. The number of sulfonamides is 1. The summed E-state index contributed by atoms with van der Waals surface area (Å²) in [6, 6.07) is 17.1. The molecule has 5 heteroatoms. The van der Waals surface area contributed by atoms with E-state index in [1.165, 1.54) is 12.1 Å². The zero-order valence-corrected chi connectivity index (χ0v) is 12.8. The van der Waals surface area contributed by atoms with Gasteiger partial charge in [0.15, 0.2) is 0 Å². The molecule has 0 amide bonds. The van der Waals surface area contributed by atoms with Crippen LogP contribution < -0.4 is 4.72 Å². The molecule has 0 aromatic heterocycles. The predicted octanol–water partition coefficient (Wildman–Crippen LogP) is 3.65. The fourth-order valence-electron chi connectivity index (χ4n) is 2.30. The third kappa shape index (κ3) is 2.76. The summed E-state index contributed by atoms with van der Waals surface area (Å²) < 4.78 is 27.6. The number of hydrogen-bond donors (Lipinski definition) is 2. The van der Waals surface area contributed by atoms with E-state index in [0.717, 1.165) is 10.8 Å². The fourth-order valence-corrected chi connectivity index (χ4v) is 3.47. The van der Waals surface area contributed by atoms with Crippen molar-refractivity contribution in [1.29, 1.82) is 0 Å². The van der Waals surface area contributed by atoms with Crippen LogP contribution in [0.15, 0.2) is 65.6 Å². The number of phenolic OH excluding ortho intramolecular Hbond substituents is 1. The first kappa shape index (κ1) is 14.4. The Kier molecular flexibility index (Phi) is 3.50. The van der Waals surface area contributed by atoms with Gasteiger partial charge in [-0.25, -0.2) is 8.42 Å². The Balaban J connectivity index is 2.00. The standard InChI is InChI=1S/C17H15NO3S/c1-12-10-15(19)7-9-17(12)18-22(20,21)16-8-6-13-4-2-3-5-14(13)11-16/h2-11,18-19H,1H3. The molecule has 3 rings (SSSR count). The molecule has 0 aliphatic carbocycles. The van der Waals surface area contributed by atoms with Gasteiger partial charge in [0.1, 0.15) is 5.75 Å². The summed E-state index contributed by atoms with van der Waals surface area (Å²) in [5.74, 6) is 0.103. The fraction of sp³-hybridized carbons (Fsp3) is 0.0588. The van der Waals surface area contributed by atoms with Gasteiger partial charge in [-0.3, -0.25) is 4.72 Å². The summed E-state index contributed by atoms with van der Waals surface area (Å²) in [4.78, 5) is 0.207. The number of nitrogens with one attached hydrogen (secondary N) is 1. The molecule has 0 saturated carbocycles. The normalized spacial score (nSPS) is 11.5. The number of aryl methyl sites for hydroxylation is 1. The smallest absolute Gasteiger partial charge is 0.261 e. The van der Waals surface area contributed by atoms with Gasteiger partial charge in [0.25, 0.3) is 10.0 Å². The number of aromatic hydroxyl groups is 1. The highest BCUT2D eigenvalue weighted by atomic mass is 32.2. The van der Waals surface area contributed by atoms with E-state index in [1.54, 1.807) is 31.2 Å². The van der Waals surface area contributed by atoms with Crippen molar-refractivity contribution in [3.05, 3.63) is 66.2 Å². The molecule has 112 valence electrons. The van der Waals surface area contributed by atoms with Gasteiger partial charge < -0.3 is 5.11 Å². The van der Waals surface area contributed by atoms with Crippen LogP contribution in [0.3, 0.4) is 0 Å². The van der Waals surface area contributed by atoms with Crippen molar-refractivity contribution >= 4 is 26.5 Å². The number of hydrogen-bond acceptors (Lipinski definition) is 3. The highest BCUT2D eigenvalue weighted by molar-refractivity contribution is 7.92. The van der Waals surface area contributed by atoms with E-state index in [2.05, 4.69) is 4.72 Å². The van der Waals surface area contributed by atoms with E-state index < -0.39 is 10.0 Å². The lowest BCUT2D eigenvalue weighted by Crippen LogP contribution is -2.13. The van der Waals surface area contributed by atoms with Crippen LogP contribution in [0.4, 0.5) is 5.69 Å². The lowest BCUT2D eigenvalue weighted by atomic mass is 10.1. The average molecular weight is 313 g/mol. The van der Waals surface area contributed by atoms with Gasteiger partial charge in [-0.15, -0.1) is 0 Å². The second kappa shape index (κ2) is 5.35. The largest absolute Gasteiger partial charge is 0.508 e. The van der Waals surface area contributed by atoms with E-state index in [4.69, 9.17) is 0 Å². The maximum Gasteiger partial charge on any atom is 0.261 e. The van der Waals surface area contributed by atoms with Crippen molar-refractivity contribution in [3.8, 4) is 5.75 Å². The first-order chi connectivity index (χ1) is 10.5. The molecule has 0 unspecified atom stereocenters. The average Bonchev–Trinajstić information content (AvgIpc) is 2.49. The van der Waals surface area contributed by atoms with Crippen LogP contribution in [0.2, 0.25) is 0 Å². The molecule has 0 aliphatic heterocycles. The molecule has 0 saturated heterocycles. The topological polar surface area (TPSA) is 66.4 Å². The third-order valence-electron chi connectivity index (χ3n) is 3.49. The lowest BCUT2D eigenvalue weighted by Gasteiger charge is -2.11. The molecule has 0 heterocycles. The Morgan fingerprint density at radius 1 is 0.909 bits per heavy atom. The molecule has 0 spiro atoms. The van der Waals surface area contributed by atoms with Crippen LogP contribution in [0, 0.1) is 6.92 Å². The van der Waals surface area contributed by atoms with E-state index in [9.17, 15) is 13.5 Å². The molecule has 0 fully saturated rings. The zero-order chi connectivity index (χ0) is 15.7. The molecule has 4 nitrogen and oxygen atoms in total. The summed E-state index contributed by atoms with van der Waals surface area (Å²) in [5, 5.41) is 11.3. The maximum absolute atomic E-state index is 12.5. The summed E-state index contributed by atoms with van der Waals surface area (Å²) in [6.07, 6.45) is 0. The second-order valence-electron chi connectivity index (χ2n) is 5.11. The van der Waals surface area contributed by atoms with Gasteiger partial charge in [-0.2, -0.15) is 0 Å². The van der Waals surface area contributed by atoms with Gasteiger partial charge in [0.05, 0.1) is 10.6 Å². The molecule has 0 bridgehead atoms. The van der Waals surface area contributed by atoms with Gasteiger partial charge in [-0.1, -0.05) is 30.3 Å². The maximum atomic E-state index is 12.5. The number of benzene rings is 3. The predicted molar refractivity (Wildman–Crippen MR) is 87.6 cm³/mol. The molecule has 0 aliphatic rings. The first-order valence-electron chi connectivity index (χ1n) is 6.77. The Morgan fingerprint density at radius 3 is 2.36 bits per heavy atom. The number of phenols is 1. The number of anilines is 1.